The van der Waals surface area contributed by atoms with Gasteiger partial charge in [0, 0.05) is 19.3 Å². The summed E-state index contributed by atoms with van der Waals surface area (Å²) in [7, 11) is 0. The van der Waals surface area contributed by atoms with E-state index in [2.05, 4.69) is 0 Å². The van der Waals surface area contributed by atoms with E-state index in [1.807, 2.05) is 20.8 Å². The van der Waals surface area contributed by atoms with Gasteiger partial charge in [0.05, 0.1) is 0 Å². The lowest BCUT2D eigenvalue weighted by molar-refractivity contribution is -0.189. The summed E-state index contributed by atoms with van der Waals surface area (Å²) in [5.74, 6) is -0.587. The zero-order chi connectivity index (χ0) is 13.1. The molecule has 0 unspecified atom stereocenters. The van der Waals surface area contributed by atoms with Crippen LogP contribution in [0.5, 0.6) is 0 Å². The summed E-state index contributed by atoms with van der Waals surface area (Å²) >= 11 is 0. The lowest BCUT2D eigenvalue weighted by Gasteiger charge is -2.17. The van der Waals surface area contributed by atoms with E-state index in [1.54, 1.807) is 0 Å². The van der Waals surface area contributed by atoms with Crippen molar-refractivity contribution >= 4 is 11.9 Å². The molecule has 0 bridgehead atoms. The Morgan fingerprint density at radius 2 is 1.35 bits per heavy atom. The highest BCUT2D eigenvalue weighted by Crippen LogP contribution is 2.10. The molecule has 0 aromatic heterocycles. The molecule has 0 aliphatic heterocycles. The highest BCUT2D eigenvalue weighted by atomic mass is 16.7. The number of unbranched alkanes of at least 4 members (excludes halogenated alkanes) is 1. The largest absolute Gasteiger partial charge is 0.425 e. The predicted octanol–water partition coefficient (Wildman–Crippen LogP) is 3.19. The third-order valence-electron chi connectivity index (χ3n) is 2.23. The maximum absolute atomic E-state index is 11.3. The van der Waals surface area contributed by atoms with Crippen molar-refractivity contribution < 1.29 is 19.1 Å². The first-order chi connectivity index (χ1) is 8.13. The minimum Gasteiger partial charge on any atom is -0.425 e. The first kappa shape index (κ1) is 15.9. The topological polar surface area (TPSA) is 52.6 Å². The quantitative estimate of drug-likeness (QED) is 0.461. The van der Waals surface area contributed by atoms with Crippen LogP contribution in [-0.4, -0.2) is 18.2 Å². The van der Waals surface area contributed by atoms with Crippen LogP contribution in [0.2, 0.25) is 0 Å². The number of hydrogen-bond acceptors (Lipinski definition) is 4. The van der Waals surface area contributed by atoms with Crippen LogP contribution in [0, 0.1) is 0 Å². The number of rotatable bonds is 9. The standard InChI is InChI=1S/C13H24O4/c1-4-7-10-13(16-11(14)8-5-2)17-12(15)9-6-3/h13H,4-10H2,1-3H3. The van der Waals surface area contributed by atoms with Crippen LogP contribution in [-0.2, 0) is 19.1 Å². The summed E-state index contributed by atoms with van der Waals surface area (Å²) in [5.41, 5.74) is 0. The van der Waals surface area contributed by atoms with Gasteiger partial charge in [-0.15, -0.1) is 0 Å². The molecular weight excluding hydrogens is 220 g/mol. The van der Waals surface area contributed by atoms with Gasteiger partial charge in [-0.2, -0.15) is 0 Å². The van der Waals surface area contributed by atoms with Crippen molar-refractivity contribution in [1.82, 2.24) is 0 Å². The average molecular weight is 244 g/mol. The van der Waals surface area contributed by atoms with Crippen LogP contribution < -0.4 is 0 Å². The summed E-state index contributed by atoms with van der Waals surface area (Å²) < 4.78 is 10.3. The van der Waals surface area contributed by atoms with Crippen LogP contribution in [0.1, 0.15) is 65.7 Å². The van der Waals surface area contributed by atoms with Gasteiger partial charge in [0.2, 0.25) is 6.29 Å². The van der Waals surface area contributed by atoms with Crippen molar-refractivity contribution in [2.75, 3.05) is 0 Å². The second-order valence-electron chi connectivity index (χ2n) is 4.05. The predicted molar refractivity (Wildman–Crippen MR) is 65.3 cm³/mol. The van der Waals surface area contributed by atoms with E-state index < -0.39 is 6.29 Å². The molecular formula is C13H24O4. The van der Waals surface area contributed by atoms with Gasteiger partial charge < -0.3 is 9.47 Å². The second kappa shape index (κ2) is 10.1. The zero-order valence-corrected chi connectivity index (χ0v) is 11.2. The SMILES string of the molecule is CCCCC(OC(=O)CCC)OC(=O)CCC. The fourth-order valence-electron chi connectivity index (χ4n) is 1.33. The van der Waals surface area contributed by atoms with Crippen molar-refractivity contribution in [2.45, 2.75) is 72.0 Å². The molecule has 0 aromatic rings. The molecule has 0 amide bonds. The Labute approximate surface area is 104 Å². The molecule has 0 rings (SSSR count). The highest BCUT2D eigenvalue weighted by molar-refractivity contribution is 5.71. The van der Waals surface area contributed by atoms with Gasteiger partial charge in [0.25, 0.3) is 0 Å². The van der Waals surface area contributed by atoms with Gasteiger partial charge in [-0.05, 0) is 19.3 Å². The van der Waals surface area contributed by atoms with Crippen LogP contribution in [0.4, 0.5) is 0 Å². The Morgan fingerprint density at radius 1 is 0.882 bits per heavy atom. The molecule has 0 radical (unpaired) electrons. The van der Waals surface area contributed by atoms with Gasteiger partial charge in [-0.1, -0.05) is 27.2 Å². The minimum atomic E-state index is -0.701. The summed E-state index contributed by atoms with van der Waals surface area (Å²) in [6, 6.07) is 0. The van der Waals surface area contributed by atoms with Crippen LogP contribution in [0.25, 0.3) is 0 Å². The van der Waals surface area contributed by atoms with E-state index in [9.17, 15) is 9.59 Å². The first-order valence-electron chi connectivity index (χ1n) is 6.52. The van der Waals surface area contributed by atoms with Crippen LogP contribution in [0.3, 0.4) is 0 Å². The normalized spacial score (nSPS) is 10.4. The second-order valence-corrected chi connectivity index (χ2v) is 4.05. The van der Waals surface area contributed by atoms with E-state index in [0.29, 0.717) is 19.3 Å². The summed E-state index contributed by atoms with van der Waals surface area (Å²) in [4.78, 5) is 22.7. The van der Waals surface area contributed by atoms with Crippen molar-refractivity contribution in [3.8, 4) is 0 Å². The average Bonchev–Trinajstić information content (AvgIpc) is 2.26. The van der Waals surface area contributed by atoms with E-state index in [4.69, 9.17) is 9.47 Å². The van der Waals surface area contributed by atoms with E-state index >= 15 is 0 Å². The monoisotopic (exact) mass is 244 g/mol. The molecule has 0 saturated carbocycles. The van der Waals surface area contributed by atoms with E-state index in [1.165, 1.54) is 0 Å². The molecule has 17 heavy (non-hydrogen) atoms. The van der Waals surface area contributed by atoms with Crippen LogP contribution >= 0.6 is 0 Å². The van der Waals surface area contributed by atoms with E-state index in [0.717, 1.165) is 25.7 Å². The summed E-state index contributed by atoms with van der Waals surface area (Å²) in [6.45, 7) is 5.86. The van der Waals surface area contributed by atoms with Crippen molar-refractivity contribution in [1.29, 1.82) is 0 Å². The van der Waals surface area contributed by atoms with Gasteiger partial charge >= 0.3 is 11.9 Å². The highest BCUT2D eigenvalue weighted by Gasteiger charge is 2.17. The molecule has 0 N–H and O–H groups in total. The van der Waals surface area contributed by atoms with Gasteiger partial charge in [0.15, 0.2) is 0 Å². The number of carbonyl (C=O) groups is 2. The maximum Gasteiger partial charge on any atom is 0.308 e. The Balaban J connectivity index is 4.12. The molecule has 0 atom stereocenters. The lowest BCUT2D eigenvalue weighted by Crippen LogP contribution is -2.24. The Hall–Kier alpha value is -1.06. The van der Waals surface area contributed by atoms with Crippen molar-refractivity contribution in [2.24, 2.45) is 0 Å². The number of ether oxygens (including phenoxy) is 2. The van der Waals surface area contributed by atoms with Gasteiger partial charge in [0.1, 0.15) is 0 Å². The minimum absolute atomic E-state index is 0.294. The Bertz CT molecular complexity index is 205. The lowest BCUT2D eigenvalue weighted by atomic mass is 10.2. The molecule has 4 heteroatoms. The fraction of sp³-hybridized carbons (Fsp3) is 0.846. The van der Waals surface area contributed by atoms with Gasteiger partial charge in [-0.3, -0.25) is 9.59 Å². The molecule has 0 saturated heterocycles. The third kappa shape index (κ3) is 8.72. The molecule has 0 aliphatic carbocycles. The van der Waals surface area contributed by atoms with Crippen LogP contribution in [0.15, 0.2) is 0 Å². The number of carbonyl (C=O) groups excluding carboxylic acids is 2. The molecule has 100 valence electrons. The molecule has 0 heterocycles. The van der Waals surface area contributed by atoms with Crippen molar-refractivity contribution in [3.63, 3.8) is 0 Å². The third-order valence-corrected chi connectivity index (χ3v) is 2.23. The smallest absolute Gasteiger partial charge is 0.308 e. The maximum atomic E-state index is 11.3. The summed E-state index contributed by atoms with van der Waals surface area (Å²) in [6.07, 6.45) is 3.96. The molecule has 0 aliphatic rings. The number of hydrogen-bond donors (Lipinski definition) is 0. The van der Waals surface area contributed by atoms with E-state index in [-0.39, 0.29) is 11.9 Å². The Morgan fingerprint density at radius 3 is 1.71 bits per heavy atom. The zero-order valence-electron chi connectivity index (χ0n) is 11.2. The van der Waals surface area contributed by atoms with Gasteiger partial charge in [-0.25, -0.2) is 0 Å². The number of esters is 2. The molecule has 0 fully saturated rings. The first-order valence-corrected chi connectivity index (χ1v) is 6.52. The van der Waals surface area contributed by atoms with Crippen molar-refractivity contribution in [3.05, 3.63) is 0 Å². The molecule has 0 spiro atoms. The fourth-order valence-corrected chi connectivity index (χ4v) is 1.33. The molecule has 4 nitrogen and oxygen atoms in total. The Kier molecular flexibility index (Phi) is 9.49. The summed E-state index contributed by atoms with van der Waals surface area (Å²) in [5, 5.41) is 0. The molecule has 0 aromatic carbocycles.